The zero-order valence-corrected chi connectivity index (χ0v) is 14.4. The molecule has 2 amide bonds. The predicted molar refractivity (Wildman–Crippen MR) is 94.1 cm³/mol. The summed E-state index contributed by atoms with van der Waals surface area (Å²) in [4.78, 5) is 23.5. The van der Waals surface area contributed by atoms with E-state index in [9.17, 15) is 9.59 Å². The zero-order chi connectivity index (χ0) is 17.2. The van der Waals surface area contributed by atoms with Crippen LogP contribution in [0.5, 0.6) is 0 Å². The minimum Gasteiger partial charge on any atom is -0.356 e. The average molecular weight is 319 g/mol. The molecule has 1 aromatic carbocycles. The van der Waals surface area contributed by atoms with Crippen LogP contribution in [-0.2, 0) is 16.0 Å². The normalized spacial score (nSPS) is 12.0. The van der Waals surface area contributed by atoms with Crippen LogP contribution in [0.1, 0.15) is 45.6 Å². The first-order chi connectivity index (χ1) is 10.9. The van der Waals surface area contributed by atoms with Crippen molar-refractivity contribution in [1.82, 2.24) is 5.32 Å². The summed E-state index contributed by atoms with van der Waals surface area (Å²) in [5, 5.41) is 5.77. The Labute approximate surface area is 139 Å². The average Bonchev–Trinajstić information content (AvgIpc) is 2.48. The lowest BCUT2D eigenvalue weighted by Crippen LogP contribution is -2.32. The highest BCUT2D eigenvalue weighted by molar-refractivity contribution is 5.95. The summed E-state index contributed by atoms with van der Waals surface area (Å²) in [7, 11) is 0. The third-order valence-electron chi connectivity index (χ3n) is 3.58. The van der Waals surface area contributed by atoms with E-state index in [1.54, 1.807) is 6.92 Å². The van der Waals surface area contributed by atoms with Crippen LogP contribution >= 0.6 is 0 Å². The van der Waals surface area contributed by atoms with Gasteiger partial charge in [0.2, 0.25) is 11.8 Å². The highest BCUT2D eigenvalue weighted by Crippen LogP contribution is 2.17. The molecule has 0 fully saturated rings. The lowest BCUT2D eigenvalue weighted by Gasteiger charge is -2.12. The molecule has 0 saturated heterocycles. The Hall–Kier alpha value is -1.88. The van der Waals surface area contributed by atoms with Gasteiger partial charge in [-0.3, -0.25) is 9.59 Å². The standard InChI is InChI=1S/C18H29N3O2/c1-13(2)11-12-20-17(22)10-6-8-15-7-4-5-9-16(15)21-18(23)14(3)19/h4-5,7,9,13-14H,6,8,10-12,19H2,1-3H3,(H,20,22)(H,21,23)/t14-/m1/s1. The molecule has 1 atom stereocenters. The maximum absolute atomic E-state index is 11.8. The Morgan fingerprint density at radius 2 is 1.87 bits per heavy atom. The van der Waals surface area contributed by atoms with E-state index in [1.165, 1.54) is 0 Å². The van der Waals surface area contributed by atoms with Crippen LogP contribution < -0.4 is 16.4 Å². The van der Waals surface area contributed by atoms with Crippen LogP contribution in [0.15, 0.2) is 24.3 Å². The van der Waals surface area contributed by atoms with Crippen molar-refractivity contribution in [2.45, 2.75) is 52.5 Å². The minimum absolute atomic E-state index is 0.0859. The summed E-state index contributed by atoms with van der Waals surface area (Å²) in [5.41, 5.74) is 7.37. The molecule has 5 nitrogen and oxygen atoms in total. The summed E-state index contributed by atoms with van der Waals surface area (Å²) < 4.78 is 0. The first-order valence-electron chi connectivity index (χ1n) is 8.31. The fourth-order valence-corrected chi connectivity index (χ4v) is 2.13. The number of hydrogen-bond donors (Lipinski definition) is 3. The molecule has 0 bridgehead atoms. The molecular weight excluding hydrogens is 290 g/mol. The molecule has 0 aliphatic heterocycles. The van der Waals surface area contributed by atoms with Crippen molar-refractivity contribution >= 4 is 17.5 Å². The van der Waals surface area contributed by atoms with Crippen molar-refractivity contribution in [2.75, 3.05) is 11.9 Å². The van der Waals surface area contributed by atoms with Crippen molar-refractivity contribution in [3.8, 4) is 0 Å². The fourth-order valence-electron chi connectivity index (χ4n) is 2.13. The number of hydrogen-bond acceptors (Lipinski definition) is 3. The maximum Gasteiger partial charge on any atom is 0.241 e. The molecule has 23 heavy (non-hydrogen) atoms. The molecule has 0 aliphatic rings. The van der Waals surface area contributed by atoms with Gasteiger partial charge >= 0.3 is 0 Å². The van der Waals surface area contributed by atoms with Gasteiger partial charge in [0.25, 0.3) is 0 Å². The molecule has 0 aromatic heterocycles. The van der Waals surface area contributed by atoms with Crippen molar-refractivity contribution in [1.29, 1.82) is 0 Å². The van der Waals surface area contributed by atoms with Gasteiger partial charge in [-0.15, -0.1) is 0 Å². The molecule has 1 aromatic rings. The molecule has 0 spiro atoms. The Kier molecular flexibility index (Phi) is 8.33. The van der Waals surface area contributed by atoms with Gasteiger partial charge in [-0.2, -0.15) is 0 Å². The van der Waals surface area contributed by atoms with Crippen molar-refractivity contribution in [3.05, 3.63) is 29.8 Å². The molecule has 128 valence electrons. The van der Waals surface area contributed by atoms with Crippen molar-refractivity contribution in [3.63, 3.8) is 0 Å². The van der Waals surface area contributed by atoms with Crippen LogP contribution in [0.25, 0.3) is 0 Å². The summed E-state index contributed by atoms with van der Waals surface area (Å²) in [6.45, 7) is 6.66. The molecule has 0 radical (unpaired) electrons. The van der Waals surface area contributed by atoms with Gasteiger partial charge in [0, 0.05) is 18.7 Å². The van der Waals surface area contributed by atoms with Crippen LogP contribution in [0.3, 0.4) is 0 Å². The highest BCUT2D eigenvalue weighted by Gasteiger charge is 2.10. The second kappa shape index (κ2) is 10.0. The van der Waals surface area contributed by atoms with Crippen molar-refractivity contribution in [2.24, 2.45) is 11.7 Å². The number of carbonyl (C=O) groups is 2. The smallest absolute Gasteiger partial charge is 0.241 e. The van der Waals surface area contributed by atoms with Gasteiger partial charge in [0.1, 0.15) is 0 Å². The topological polar surface area (TPSA) is 84.2 Å². The van der Waals surface area contributed by atoms with E-state index >= 15 is 0 Å². The van der Waals surface area contributed by atoms with E-state index in [2.05, 4.69) is 24.5 Å². The number of para-hydroxylation sites is 1. The molecule has 0 heterocycles. The van der Waals surface area contributed by atoms with Gasteiger partial charge in [-0.05, 0) is 43.7 Å². The summed E-state index contributed by atoms with van der Waals surface area (Å²) in [6.07, 6.45) is 2.98. The lowest BCUT2D eigenvalue weighted by molar-refractivity contribution is -0.121. The van der Waals surface area contributed by atoms with Crippen molar-refractivity contribution < 1.29 is 9.59 Å². The fraction of sp³-hybridized carbons (Fsp3) is 0.556. The summed E-state index contributed by atoms with van der Waals surface area (Å²) in [6, 6.07) is 7.08. The highest BCUT2D eigenvalue weighted by atomic mass is 16.2. The SMILES string of the molecule is CC(C)CCNC(=O)CCCc1ccccc1NC(=O)[C@@H](C)N. The number of nitrogens with two attached hydrogens (primary N) is 1. The van der Waals surface area contributed by atoms with Crippen LogP contribution in [0.2, 0.25) is 0 Å². The Balaban J connectivity index is 2.43. The maximum atomic E-state index is 11.8. The predicted octanol–water partition coefficient (Wildman–Crippen LogP) is 2.46. The monoisotopic (exact) mass is 319 g/mol. The summed E-state index contributed by atoms with van der Waals surface area (Å²) in [5.74, 6) is 0.474. The van der Waals surface area contributed by atoms with E-state index in [0.29, 0.717) is 12.3 Å². The molecule has 5 heteroatoms. The molecular formula is C18H29N3O2. The second-order valence-electron chi connectivity index (χ2n) is 6.32. The molecule has 0 aliphatic carbocycles. The third kappa shape index (κ3) is 7.79. The second-order valence-corrected chi connectivity index (χ2v) is 6.32. The van der Waals surface area contributed by atoms with Gasteiger partial charge < -0.3 is 16.4 Å². The number of rotatable bonds is 9. The number of anilines is 1. The largest absolute Gasteiger partial charge is 0.356 e. The Morgan fingerprint density at radius 3 is 2.52 bits per heavy atom. The Morgan fingerprint density at radius 1 is 1.17 bits per heavy atom. The molecule has 0 unspecified atom stereocenters. The van der Waals surface area contributed by atoms with Gasteiger partial charge in [0.05, 0.1) is 6.04 Å². The van der Waals surface area contributed by atoms with Gasteiger partial charge in [-0.25, -0.2) is 0 Å². The number of carbonyl (C=O) groups excluding carboxylic acids is 2. The number of aryl methyl sites for hydroxylation is 1. The summed E-state index contributed by atoms with van der Waals surface area (Å²) >= 11 is 0. The number of benzene rings is 1. The number of amides is 2. The van der Waals surface area contributed by atoms with E-state index < -0.39 is 6.04 Å². The molecule has 1 rings (SSSR count). The lowest BCUT2D eigenvalue weighted by atomic mass is 10.1. The first-order valence-corrected chi connectivity index (χ1v) is 8.31. The van der Waals surface area contributed by atoms with Crippen LogP contribution in [0, 0.1) is 5.92 Å². The van der Waals surface area contributed by atoms with Crippen LogP contribution in [0.4, 0.5) is 5.69 Å². The van der Waals surface area contributed by atoms with E-state index in [4.69, 9.17) is 5.73 Å². The zero-order valence-electron chi connectivity index (χ0n) is 14.4. The minimum atomic E-state index is -0.546. The Bertz CT molecular complexity index is 513. The van der Waals surface area contributed by atoms with E-state index in [-0.39, 0.29) is 11.8 Å². The van der Waals surface area contributed by atoms with Crippen LogP contribution in [-0.4, -0.2) is 24.4 Å². The number of nitrogens with one attached hydrogen (secondary N) is 2. The van der Waals surface area contributed by atoms with E-state index in [0.717, 1.165) is 37.1 Å². The quantitative estimate of drug-likeness (QED) is 0.653. The molecule has 0 saturated carbocycles. The van der Waals surface area contributed by atoms with Gasteiger partial charge in [-0.1, -0.05) is 32.0 Å². The third-order valence-corrected chi connectivity index (χ3v) is 3.58. The molecule has 4 N–H and O–H groups in total. The van der Waals surface area contributed by atoms with E-state index in [1.807, 2.05) is 24.3 Å². The van der Waals surface area contributed by atoms with Gasteiger partial charge in [0.15, 0.2) is 0 Å². The first kappa shape index (κ1) is 19.2.